The van der Waals surface area contributed by atoms with Gasteiger partial charge in [-0.15, -0.1) is 0 Å². The molecule has 11 heteroatoms. The summed E-state index contributed by atoms with van der Waals surface area (Å²) in [5.74, 6) is -2.56. The number of anilines is 1. The lowest BCUT2D eigenvalue weighted by molar-refractivity contribution is -0.137. The van der Waals surface area contributed by atoms with E-state index in [2.05, 4.69) is 10.4 Å². The minimum Gasteiger partial charge on any atom is -0.493 e. The van der Waals surface area contributed by atoms with Crippen LogP contribution in [0.1, 0.15) is 34.0 Å². The zero-order valence-corrected chi connectivity index (χ0v) is 20.0. The number of esters is 1. The third-order valence-corrected chi connectivity index (χ3v) is 5.13. The summed E-state index contributed by atoms with van der Waals surface area (Å²) in [5.41, 5.74) is 2.78. The Labute approximate surface area is 210 Å². The molecule has 192 valence electrons. The molecule has 2 amide bonds. The average Bonchev–Trinajstić information content (AvgIpc) is 2.87. The lowest BCUT2D eigenvalue weighted by Gasteiger charge is -2.12. The Morgan fingerprint density at radius 2 is 1.62 bits per heavy atom. The van der Waals surface area contributed by atoms with Crippen molar-refractivity contribution in [2.75, 3.05) is 12.4 Å². The number of benzene rings is 3. The van der Waals surface area contributed by atoms with Crippen molar-refractivity contribution in [3.8, 4) is 11.5 Å². The van der Waals surface area contributed by atoms with Crippen LogP contribution < -0.4 is 20.2 Å². The highest BCUT2D eigenvalue weighted by Gasteiger charge is 2.30. The first-order chi connectivity index (χ1) is 17.5. The van der Waals surface area contributed by atoms with Crippen LogP contribution in [-0.4, -0.2) is 30.6 Å². The normalized spacial score (nSPS) is 11.5. The largest absolute Gasteiger partial charge is 0.493 e. The predicted molar refractivity (Wildman–Crippen MR) is 130 cm³/mol. The van der Waals surface area contributed by atoms with Crippen molar-refractivity contribution in [2.24, 2.45) is 5.10 Å². The van der Waals surface area contributed by atoms with Crippen LogP contribution in [0, 0.1) is 6.92 Å². The van der Waals surface area contributed by atoms with Crippen LogP contribution in [0.2, 0.25) is 0 Å². The lowest BCUT2D eigenvalue weighted by atomic mass is 10.1. The van der Waals surface area contributed by atoms with E-state index < -0.39 is 29.5 Å². The summed E-state index contributed by atoms with van der Waals surface area (Å²) in [6.45, 7) is 3.32. The summed E-state index contributed by atoms with van der Waals surface area (Å²) in [7, 11) is 1.39. The fourth-order valence-corrected chi connectivity index (χ4v) is 3.14. The molecule has 0 atom stereocenters. The van der Waals surface area contributed by atoms with Gasteiger partial charge in [-0.1, -0.05) is 24.3 Å². The molecular formula is C26H22F3N3O5. The molecule has 0 aliphatic carbocycles. The lowest BCUT2D eigenvalue weighted by Crippen LogP contribution is -2.33. The second-order valence-electron chi connectivity index (χ2n) is 7.74. The number of alkyl halides is 3. The Kier molecular flexibility index (Phi) is 8.28. The topological polar surface area (TPSA) is 106 Å². The molecule has 37 heavy (non-hydrogen) atoms. The second kappa shape index (κ2) is 11.4. The Morgan fingerprint density at radius 3 is 2.30 bits per heavy atom. The molecular weight excluding hydrogens is 491 g/mol. The van der Waals surface area contributed by atoms with E-state index in [4.69, 9.17) is 9.47 Å². The SMILES string of the molecule is COc1cc(C(C)=NNC(=O)C(=O)Nc2cccc(C(F)(F)F)c2)ccc1OC(=O)c1ccccc1C. The van der Waals surface area contributed by atoms with E-state index in [9.17, 15) is 27.6 Å². The first kappa shape index (κ1) is 26.9. The summed E-state index contributed by atoms with van der Waals surface area (Å²) in [6, 6.07) is 15.4. The van der Waals surface area contributed by atoms with Crippen molar-refractivity contribution < 1.29 is 37.0 Å². The number of carbonyl (C=O) groups is 3. The number of halogens is 3. The Morgan fingerprint density at radius 1 is 0.892 bits per heavy atom. The van der Waals surface area contributed by atoms with Crippen molar-refractivity contribution in [2.45, 2.75) is 20.0 Å². The number of nitrogens with one attached hydrogen (secondary N) is 2. The molecule has 2 N–H and O–H groups in total. The van der Waals surface area contributed by atoms with Gasteiger partial charge in [0.1, 0.15) is 0 Å². The minimum absolute atomic E-state index is 0.164. The predicted octanol–water partition coefficient (Wildman–Crippen LogP) is 4.72. The van der Waals surface area contributed by atoms with Crippen LogP contribution in [0.25, 0.3) is 0 Å². The quantitative estimate of drug-likeness (QED) is 0.163. The van der Waals surface area contributed by atoms with E-state index in [1.807, 2.05) is 5.43 Å². The van der Waals surface area contributed by atoms with E-state index in [-0.39, 0.29) is 22.9 Å². The van der Waals surface area contributed by atoms with Gasteiger partial charge >= 0.3 is 24.0 Å². The highest BCUT2D eigenvalue weighted by molar-refractivity contribution is 6.39. The number of hydrogen-bond acceptors (Lipinski definition) is 6. The van der Waals surface area contributed by atoms with E-state index in [0.29, 0.717) is 17.2 Å². The maximum absolute atomic E-state index is 12.8. The van der Waals surface area contributed by atoms with Crippen molar-refractivity contribution in [1.82, 2.24) is 5.43 Å². The van der Waals surface area contributed by atoms with Gasteiger partial charge in [0.25, 0.3) is 0 Å². The molecule has 3 aromatic carbocycles. The van der Waals surface area contributed by atoms with Crippen molar-refractivity contribution in [1.29, 1.82) is 0 Å². The molecule has 0 unspecified atom stereocenters. The molecule has 3 rings (SSSR count). The number of nitrogens with zero attached hydrogens (tertiary/aromatic N) is 1. The number of hydrazone groups is 1. The van der Waals surface area contributed by atoms with Gasteiger partial charge in [-0.2, -0.15) is 18.3 Å². The Hall–Kier alpha value is -4.67. The first-order valence-corrected chi connectivity index (χ1v) is 10.8. The number of methoxy groups -OCH3 is 1. The first-order valence-electron chi connectivity index (χ1n) is 10.8. The van der Waals surface area contributed by atoms with Crippen molar-refractivity contribution in [3.05, 3.63) is 89.0 Å². The van der Waals surface area contributed by atoms with Crippen molar-refractivity contribution >= 4 is 29.2 Å². The number of hydrogen-bond donors (Lipinski definition) is 2. The standard InChI is InChI=1S/C26H22F3N3O5/c1-15-7-4-5-10-20(15)25(35)37-21-12-11-17(13-22(21)36-3)16(2)31-32-24(34)23(33)30-19-9-6-8-18(14-19)26(27,28)29/h4-14H,1-3H3,(H,30,33)(H,32,34). The molecule has 0 aliphatic heterocycles. The van der Waals surface area contributed by atoms with Gasteiger partial charge in [0.05, 0.1) is 23.9 Å². The number of amides is 2. The van der Waals surface area contributed by atoms with Gasteiger partial charge in [-0.05, 0) is 61.9 Å². The number of aryl methyl sites for hydroxylation is 1. The van der Waals surface area contributed by atoms with Gasteiger partial charge in [0.2, 0.25) is 0 Å². The second-order valence-corrected chi connectivity index (χ2v) is 7.74. The Bertz CT molecular complexity index is 1370. The molecule has 3 aromatic rings. The number of ether oxygens (including phenoxy) is 2. The van der Waals surface area contributed by atoms with E-state index in [1.165, 1.54) is 25.3 Å². The van der Waals surface area contributed by atoms with Crippen LogP contribution in [0.3, 0.4) is 0 Å². The third-order valence-electron chi connectivity index (χ3n) is 5.13. The zero-order chi connectivity index (χ0) is 27.2. The molecule has 0 radical (unpaired) electrons. The molecule has 0 aliphatic rings. The number of carbonyl (C=O) groups excluding carboxylic acids is 3. The maximum atomic E-state index is 12.8. The van der Waals surface area contributed by atoms with Crippen LogP contribution in [0.15, 0.2) is 71.8 Å². The minimum atomic E-state index is -4.60. The summed E-state index contributed by atoms with van der Waals surface area (Å²) >= 11 is 0. The van der Waals surface area contributed by atoms with Gasteiger partial charge < -0.3 is 14.8 Å². The molecule has 0 fully saturated rings. The third kappa shape index (κ3) is 6.94. The van der Waals surface area contributed by atoms with Crippen LogP contribution in [0.5, 0.6) is 11.5 Å². The molecule has 0 saturated heterocycles. The molecule has 0 bridgehead atoms. The molecule has 0 saturated carbocycles. The van der Waals surface area contributed by atoms with E-state index >= 15 is 0 Å². The van der Waals surface area contributed by atoms with Crippen LogP contribution >= 0.6 is 0 Å². The van der Waals surface area contributed by atoms with Gasteiger partial charge in [0, 0.05) is 11.3 Å². The molecule has 0 aromatic heterocycles. The van der Waals surface area contributed by atoms with Gasteiger partial charge in [-0.25, -0.2) is 10.2 Å². The van der Waals surface area contributed by atoms with Gasteiger partial charge in [-0.3, -0.25) is 9.59 Å². The van der Waals surface area contributed by atoms with E-state index in [0.717, 1.165) is 17.7 Å². The van der Waals surface area contributed by atoms with E-state index in [1.54, 1.807) is 44.2 Å². The monoisotopic (exact) mass is 513 g/mol. The summed E-state index contributed by atoms with van der Waals surface area (Å²) in [6.07, 6.45) is -4.60. The zero-order valence-electron chi connectivity index (χ0n) is 20.0. The Balaban J connectivity index is 1.67. The highest BCUT2D eigenvalue weighted by Crippen LogP contribution is 2.31. The van der Waals surface area contributed by atoms with Gasteiger partial charge in [0.15, 0.2) is 11.5 Å². The average molecular weight is 513 g/mol. The fourth-order valence-electron chi connectivity index (χ4n) is 3.14. The fraction of sp³-hybridized carbons (Fsp3) is 0.154. The molecule has 0 spiro atoms. The summed E-state index contributed by atoms with van der Waals surface area (Å²) < 4.78 is 49.2. The summed E-state index contributed by atoms with van der Waals surface area (Å²) in [5, 5.41) is 5.94. The summed E-state index contributed by atoms with van der Waals surface area (Å²) in [4.78, 5) is 36.7. The molecule has 8 nitrogen and oxygen atoms in total. The molecule has 0 heterocycles. The van der Waals surface area contributed by atoms with Crippen molar-refractivity contribution in [3.63, 3.8) is 0 Å². The van der Waals surface area contributed by atoms with Crippen LogP contribution in [-0.2, 0) is 15.8 Å². The van der Waals surface area contributed by atoms with Crippen LogP contribution in [0.4, 0.5) is 18.9 Å². The highest BCUT2D eigenvalue weighted by atomic mass is 19.4. The maximum Gasteiger partial charge on any atom is 0.416 e. The number of rotatable bonds is 6. The smallest absolute Gasteiger partial charge is 0.416 e.